The van der Waals surface area contributed by atoms with E-state index in [1.54, 1.807) is 42.5 Å². The average Bonchev–Trinajstić information content (AvgIpc) is 2.69. The lowest BCUT2D eigenvalue weighted by Crippen LogP contribution is -2.11. The zero-order valence-electron chi connectivity index (χ0n) is 14.7. The smallest absolute Gasteiger partial charge is 0.272 e. The summed E-state index contributed by atoms with van der Waals surface area (Å²) in [5.41, 5.74) is 13.4. The highest BCUT2D eigenvalue weighted by Crippen LogP contribution is 2.30. The van der Waals surface area contributed by atoms with E-state index in [1.807, 2.05) is 0 Å². The molecular formula is C21H16F2N4O. The molecule has 5 nitrogen and oxygen atoms in total. The molecule has 0 aliphatic carbocycles. The first kappa shape index (κ1) is 17.7. The fraction of sp³-hybridized carbons (Fsp3) is 0.0476. The molecule has 0 aliphatic rings. The van der Waals surface area contributed by atoms with Gasteiger partial charge in [-0.15, -0.1) is 0 Å². The second-order valence-corrected chi connectivity index (χ2v) is 6.50. The molecule has 3 aromatic carbocycles. The van der Waals surface area contributed by atoms with Gasteiger partial charge in [0.25, 0.3) is 5.56 Å². The molecule has 4 aromatic rings. The van der Waals surface area contributed by atoms with Gasteiger partial charge < -0.3 is 11.5 Å². The van der Waals surface area contributed by atoms with Crippen LogP contribution in [0.4, 0.5) is 20.2 Å². The van der Waals surface area contributed by atoms with Gasteiger partial charge in [0.05, 0.1) is 22.5 Å². The van der Waals surface area contributed by atoms with Crippen LogP contribution in [-0.4, -0.2) is 10.2 Å². The standard InChI is InChI=1S/C21H16F2N4O/c22-16-8-11(7-15(20(16)23)12-5-6-17(24)18(25)10-12)9-19-13-3-1-2-4-14(13)21(28)27-26-19/h1-8,10H,9,24-25H2,(H,27,28). The number of nitrogen functional groups attached to an aromatic ring is 2. The van der Waals surface area contributed by atoms with Crippen molar-refractivity contribution in [1.29, 1.82) is 0 Å². The van der Waals surface area contributed by atoms with Crippen molar-refractivity contribution < 1.29 is 8.78 Å². The van der Waals surface area contributed by atoms with Crippen LogP contribution < -0.4 is 17.0 Å². The summed E-state index contributed by atoms with van der Waals surface area (Å²) in [5, 5.41) is 7.69. The molecule has 0 spiro atoms. The molecule has 0 radical (unpaired) electrons. The maximum atomic E-state index is 14.4. The minimum absolute atomic E-state index is 0.0791. The molecule has 0 unspecified atom stereocenters. The highest BCUT2D eigenvalue weighted by molar-refractivity contribution is 5.83. The normalized spacial score (nSPS) is 11.1. The molecule has 4 rings (SSSR count). The zero-order valence-corrected chi connectivity index (χ0v) is 14.7. The van der Waals surface area contributed by atoms with Crippen LogP contribution in [-0.2, 0) is 6.42 Å². The van der Waals surface area contributed by atoms with Gasteiger partial charge in [-0.2, -0.15) is 5.10 Å². The van der Waals surface area contributed by atoms with Crippen molar-refractivity contribution >= 4 is 22.1 Å². The van der Waals surface area contributed by atoms with E-state index in [2.05, 4.69) is 10.2 Å². The number of hydrogen-bond donors (Lipinski definition) is 3. The zero-order chi connectivity index (χ0) is 19.8. The number of aromatic amines is 1. The predicted molar refractivity (Wildman–Crippen MR) is 106 cm³/mol. The van der Waals surface area contributed by atoms with E-state index in [-0.39, 0.29) is 23.2 Å². The highest BCUT2D eigenvalue weighted by Gasteiger charge is 2.15. The van der Waals surface area contributed by atoms with Gasteiger partial charge in [0.2, 0.25) is 0 Å². The fourth-order valence-corrected chi connectivity index (χ4v) is 3.20. The Bertz CT molecular complexity index is 1270. The van der Waals surface area contributed by atoms with E-state index in [0.717, 1.165) is 6.07 Å². The topological polar surface area (TPSA) is 97.8 Å². The molecule has 0 fully saturated rings. The third-order valence-corrected chi connectivity index (χ3v) is 4.63. The fourth-order valence-electron chi connectivity index (χ4n) is 3.20. The number of nitrogens with one attached hydrogen (secondary N) is 1. The van der Waals surface area contributed by atoms with Crippen LogP contribution in [0.25, 0.3) is 21.9 Å². The number of fused-ring (bicyclic) bond motifs is 1. The predicted octanol–water partition coefficient (Wildman–Crippen LogP) is 3.62. The molecule has 1 heterocycles. The third-order valence-electron chi connectivity index (χ3n) is 4.63. The van der Waals surface area contributed by atoms with Gasteiger partial charge in [-0.3, -0.25) is 4.79 Å². The summed E-state index contributed by atoms with van der Waals surface area (Å²) >= 11 is 0. The second kappa shape index (κ2) is 6.77. The summed E-state index contributed by atoms with van der Waals surface area (Å²) in [5.74, 6) is -1.94. The van der Waals surface area contributed by atoms with Crippen LogP contribution >= 0.6 is 0 Å². The van der Waals surface area contributed by atoms with Crippen molar-refractivity contribution in [2.45, 2.75) is 6.42 Å². The molecule has 5 N–H and O–H groups in total. The van der Waals surface area contributed by atoms with E-state index in [4.69, 9.17) is 11.5 Å². The summed E-state index contributed by atoms with van der Waals surface area (Å²) in [7, 11) is 0. The van der Waals surface area contributed by atoms with Crippen molar-refractivity contribution in [3.63, 3.8) is 0 Å². The lowest BCUT2D eigenvalue weighted by Gasteiger charge is -2.11. The number of halogens is 2. The Morgan fingerprint density at radius 1 is 0.929 bits per heavy atom. The Balaban J connectivity index is 1.82. The first-order valence-electron chi connectivity index (χ1n) is 8.53. The quantitative estimate of drug-likeness (QED) is 0.474. The van der Waals surface area contributed by atoms with Gasteiger partial charge in [0.1, 0.15) is 0 Å². The summed E-state index contributed by atoms with van der Waals surface area (Å²) in [6.07, 6.45) is 0.214. The maximum Gasteiger partial charge on any atom is 0.272 e. The molecule has 0 atom stereocenters. The van der Waals surface area contributed by atoms with Gasteiger partial charge in [-0.25, -0.2) is 13.9 Å². The number of aromatic nitrogens is 2. The van der Waals surface area contributed by atoms with Gasteiger partial charge in [0, 0.05) is 17.4 Å². The summed E-state index contributed by atoms with van der Waals surface area (Å²) in [6, 6.07) is 14.3. The van der Waals surface area contributed by atoms with Crippen LogP contribution in [0.2, 0.25) is 0 Å². The van der Waals surface area contributed by atoms with Crippen molar-refractivity contribution in [3.05, 3.63) is 87.8 Å². The maximum absolute atomic E-state index is 14.4. The van der Waals surface area contributed by atoms with Crippen LogP contribution in [0.1, 0.15) is 11.3 Å². The highest BCUT2D eigenvalue weighted by atomic mass is 19.2. The summed E-state index contributed by atoms with van der Waals surface area (Å²) in [6.45, 7) is 0. The number of nitrogens with two attached hydrogens (primary N) is 2. The Morgan fingerprint density at radius 3 is 2.43 bits per heavy atom. The number of anilines is 2. The van der Waals surface area contributed by atoms with Crippen molar-refractivity contribution in [1.82, 2.24) is 10.2 Å². The van der Waals surface area contributed by atoms with Crippen LogP contribution in [0.3, 0.4) is 0 Å². The Kier molecular flexibility index (Phi) is 4.27. The second-order valence-electron chi connectivity index (χ2n) is 6.50. The third kappa shape index (κ3) is 3.07. The average molecular weight is 378 g/mol. The molecule has 7 heteroatoms. The lowest BCUT2D eigenvalue weighted by molar-refractivity contribution is 0.510. The SMILES string of the molecule is Nc1ccc(-c2cc(Cc3n[nH]c(=O)c4ccccc34)cc(F)c2F)cc1N. The minimum Gasteiger partial charge on any atom is -0.397 e. The number of benzene rings is 3. The molecule has 0 saturated heterocycles. The molecule has 1 aromatic heterocycles. The molecular weight excluding hydrogens is 362 g/mol. The van der Waals surface area contributed by atoms with E-state index in [1.165, 1.54) is 6.07 Å². The van der Waals surface area contributed by atoms with Crippen LogP contribution in [0.5, 0.6) is 0 Å². The first-order chi connectivity index (χ1) is 13.4. The molecule has 0 saturated carbocycles. The lowest BCUT2D eigenvalue weighted by atomic mass is 9.98. The molecule has 140 valence electrons. The Hall–Kier alpha value is -3.74. The van der Waals surface area contributed by atoms with E-state index in [9.17, 15) is 13.6 Å². The van der Waals surface area contributed by atoms with Crippen LogP contribution in [0.15, 0.2) is 59.4 Å². The van der Waals surface area contributed by atoms with Gasteiger partial charge >= 0.3 is 0 Å². The Labute approximate surface area is 158 Å². The van der Waals surface area contributed by atoms with Crippen LogP contribution in [0, 0.1) is 11.6 Å². The van der Waals surface area contributed by atoms with E-state index < -0.39 is 11.6 Å². The Morgan fingerprint density at radius 2 is 1.68 bits per heavy atom. The van der Waals surface area contributed by atoms with Crippen molar-refractivity contribution in [2.75, 3.05) is 11.5 Å². The van der Waals surface area contributed by atoms with Gasteiger partial charge in [-0.1, -0.05) is 24.3 Å². The number of H-pyrrole nitrogens is 1. The van der Waals surface area contributed by atoms with Crippen molar-refractivity contribution in [2.24, 2.45) is 0 Å². The minimum atomic E-state index is -0.975. The largest absolute Gasteiger partial charge is 0.397 e. The van der Waals surface area contributed by atoms with Gasteiger partial charge in [0.15, 0.2) is 11.6 Å². The molecule has 0 bridgehead atoms. The van der Waals surface area contributed by atoms with E-state index in [0.29, 0.717) is 33.3 Å². The monoisotopic (exact) mass is 378 g/mol. The molecule has 0 amide bonds. The van der Waals surface area contributed by atoms with Gasteiger partial charge in [-0.05, 0) is 41.5 Å². The summed E-state index contributed by atoms with van der Waals surface area (Å²) < 4.78 is 28.7. The molecule has 28 heavy (non-hydrogen) atoms. The van der Waals surface area contributed by atoms with E-state index >= 15 is 0 Å². The number of nitrogens with zero attached hydrogens (tertiary/aromatic N) is 1. The number of hydrogen-bond acceptors (Lipinski definition) is 4. The first-order valence-corrected chi connectivity index (χ1v) is 8.53. The summed E-state index contributed by atoms with van der Waals surface area (Å²) in [4.78, 5) is 11.9. The molecule has 0 aliphatic heterocycles. The van der Waals surface area contributed by atoms with Crippen molar-refractivity contribution in [3.8, 4) is 11.1 Å². The number of rotatable bonds is 3.